The number of aliphatic hydroxyl groups excluding tert-OH is 1. The maximum atomic E-state index is 10.5. The predicted molar refractivity (Wildman–Crippen MR) is 112 cm³/mol. The van der Waals surface area contributed by atoms with Gasteiger partial charge in [0, 0.05) is 23.1 Å². The third-order valence-electron chi connectivity index (χ3n) is 4.07. The molecule has 4 nitrogen and oxygen atoms in total. The molecule has 7 heteroatoms. The molecule has 2 aromatic carbocycles. The molecule has 0 spiro atoms. The molecule has 0 aliphatic rings. The van der Waals surface area contributed by atoms with Gasteiger partial charge in [-0.15, -0.1) is 0 Å². The lowest BCUT2D eigenvalue weighted by Crippen LogP contribution is -2.35. The number of rotatable bonds is 9. The van der Waals surface area contributed by atoms with E-state index in [0.29, 0.717) is 40.5 Å². The lowest BCUT2D eigenvalue weighted by Gasteiger charge is -2.24. The molecule has 0 aliphatic heterocycles. The summed E-state index contributed by atoms with van der Waals surface area (Å²) in [6.07, 6.45) is 0.923. The molecule has 1 unspecified atom stereocenters. The van der Waals surface area contributed by atoms with Gasteiger partial charge in [-0.1, -0.05) is 46.9 Å². The first-order valence-corrected chi connectivity index (χ1v) is 9.88. The topological polar surface area (TPSA) is 45.8 Å². The quantitative estimate of drug-likeness (QED) is 0.465. The van der Waals surface area contributed by atoms with E-state index < -0.39 is 6.10 Å². The average Bonchev–Trinajstić information content (AvgIpc) is 3.16. The second-order valence-electron chi connectivity index (χ2n) is 6.42. The molecule has 28 heavy (non-hydrogen) atoms. The first kappa shape index (κ1) is 21.0. The molecule has 1 aromatic heterocycles. The number of ether oxygens (including phenoxy) is 1. The van der Waals surface area contributed by atoms with Gasteiger partial charge in [-0.05, 0) is 48.0 Å². The maximum Gasteiger partial charge on any atom is 0.138 e. The maximum absolute atomic E-state index is 10.5. The van der Waals surface area contributed by atoms with Crippen LogP contribution < -0.4 is 4.74 Å². The van der Waals surface area contributed by atoms with E-state index in [2.05, 4.69) is 4.90 Å². The van der Waals surface area contributed by atoms with Crippen LogP contribution in [-0.4, -0.2) is 29.3 Å². The minimum atomic E-state index is -0.714. The Labute approximate surface area is 179 Å². The number of benzene rings is 2. The Kier molecular flexibility index (Phi) is 7.65. The SMILES string of the molecule is OC(COc1ccc(Cl)cc1Cl)CN(Cc1ccc(Cl)cc1)Cc1ccco1. The predicted octanol–water partition coefficient (Wildman–Crippen LogP) is 5.68. The molecule has 0 fully saturated rings. The zero-order valence-corrected chi connectivity index (χ0v) is 17.3. The third-order valence-corrected chi connectivity index (χ3v) is 4.86. The van der Waals surface area contributed by atoms with Gasteiger partial charge in [0.2, 0.25) is 0 Å². The normalized spacial score (nSPS) is 12.3. The number of halogens is 3. The Hall–Kier alpha value is -1.69. The average molecular weight is 441 g/mol. The Morgan fingerprint density at radius 2 is 1.71 bits per heavy atom. The van der Waals surface area contributed by atoms with Gasteiger partial charge in [0.05, 0.1) is 17.8 Å². The van der Waals surface area contributed by atoms with E-state index in [4.69, 9.17) is 44.0 Å². The molecule has 0 saturated carbocycles. The summed E-state index contributed by atoms with van der Waals surface area (Å²) < 4.78 is 11.1. The van der Waals surface area contributed by atoms with Crippen LogP contribution in [0.2, 0.25) is 15.1 Å². The van der Waals surface area contributed by atoms with E-state index >= 15 is 0 Å². The van der Waals surface area contributed by atoms with Crippen LogP contribution in [0.15, 0.2) is 65.3 Å². The van der Waals surface area contributed by atoms with Crippen molar-refractivity contribution in [2.45, 2.75) is 19.2 Å². The highest BCUT2D eigenvalue weighted by atomic mass is 35.5. The van der Waals surface area contributed by atoms with Crippen molar-refractivity contribution in [2.75, 3.05) is 13.2 Å². The van der Waals surface area contributed by atoms with Crippen molar-refractivity contribution in [1.29, 1.82) is 0 Å². The lowest BCUT2D eigenvalue weighted by molar-refractivity contribution is 0.0605. The number of hydrogen-bond donors (Lipinski definition) is 1. The van der Waals surface area contributed by atoms with Crippen molar-refractivity contribution in [2.24, 2.45) is 0 Å². The molecule has 1 N–H and O–H groups in total. The van der Waals surface area contributed by atoms with E-state index in [-0.39, 0.29) is 6.61 Å². The number of furan rings is 1. The molecule has 0 aliphatic carbocycles. The Bertz CT molecular complexity index is 869. The molecule has 0 saturated heterocycles. The van der Waals surface area contributed by atoms with Gasteiger partial charge in [-0.3, -0.25) is 4.90 Å². The molecule has 3 aromatic rings. The summed E-state index contributed by atoms with van der Waals surface area (Å²) >= 11 is 18.0. The standard InChI is InChI=1S/C21H20Cl3NO3/c22-16-5-3-15(4-6-16)11-25(13-19-2-1-9-27-19)12-18(26)14-28-21-8-7-17(23)10-20(21)24/h1-10,18,26H,11-14H2. The highest BCUT2D eigenvalue weighted by molar-refractivity contribution is 6.35. The van der Waals surface area contributed by atoms with Crippen molar-refractivity contribution in [1.82, 2.24) is 4.90 Å². The fraction of sp³-hybridized carbons (Fsp3) is 0.238. The summed E-state index contributed by atoms with van der Waals surface area (Å²) in [4.78, 5) is 2.08. The first-order chi connectivity index (χ1) is 13.5. The fourth-order valence-corrected chi connectivity index (χ4v) is 3.37. The Morgan fingerprint density at radius 1 is 0.964 bits per heavy atom. The molecule has 0 radical (unpaired) electrons. The Balaban J connectivity index is 1.61. The minimum Gasteiger partial charge on any atom is -0.489 e. The molecule has 0 bridgehead atoms. The van der Waals surface area contributed by atoms with Crippen molar-refractivity contribution >= 4 is 34.8 Å². The molecular weight excluding hydrogens is 421 g/mol. The van der Waals surface area contributed by atoms with Crippen LogP contribution in [0.1, 0.15) is 11.3 Å². The fourth-order valence-electron chi connectivity index (χ4n) is 2.78. The van der Waals surface area contributed by atoms with E-state index in [1.54, 1.807) is 24.5 Å². The van der Waals surface area contributed by atoms with Gasteiger partial charge in [0.1, 0.15) is 24.2 Å². The summed E-state index contributed by atoms with van der Waals surface area (Å²) in [7, 11) is 0. The first-order valence-electron chi connectivity index (χ1n) is 8.74. The molecule has 1 atom stereocenters. The van der Waals surface area contributed by atoms with Crippen molar-refractivity contribution < 1.29 is 14.3 Å². The number of aliphatic hydroxyl groups is 1. The van der Waals surface area contributed by atoms with Crippen LogP contribution in [0, 0.1) is 0 Å². The zero-order valence-electron chi connectivity index (χ0n) is 15.0. The molecular formula is C21H20Cl3NO3. The summed E-state index contributed by atoms with van der Waals surface area (Å²) in [5.74, 6) is 1.31. The molecule has 3 rings (SSSR count). The molecule has 148 valence electrons. The van der Waals surface area contributed by atoms with Crippen LogP contribution in [0.25, 0.3) is 0 Å². The number of hydrogen-bond acceptors (Lipinski definition) is 4. The summed E-state index contributed by atoms with van der Waals surface area (Å²) in [5.41, 5.74) is 1.09. The van der Waals surface area contributed by atoms with Gasteiger partial charge in [0.25, 0.3) is 0 Å². The second kappa shape index (κ2) is 10.2. The van der Waals surface area contributed by atoms with Crippen molar-refractivity contribution in [3.8, 4) is 5.75 Å². The summed E-state index contributed by atoms with van der Waals surface area (Å²) in [6.45, 7) is 1.70. The second-order valence-corrected chi connectivity index (χ2v) is 7.70. The third kappa shape index (κ3) is 6.43. The van der Waals surface area contributed by atoms with E-state index in [0.717, 1.165) is 11.3 Å². The molecule has 1 heterocycles. The zero-order chi connectivity index (χ0) is 19.9. The van der Waals surface area contributed by atoms with Gasteiger partial charge in [0.15, 0.2) is 0 Å². The highest BCUT2D eigenvalue weighted by Gasteiger charge is 2.16. The highest BCUT2D eigenvalue weighted by Crippen LogP contribution is 2.27. The van der Waals surface area contributed by atoms with Crippen LogP contribution in [0.4, 0.5) is 0 Å². The van der Waals surface area contributed by atoms with Crippen LogP contribution in [0.5, 0.6) is 5.75 Å². The van der Waals surface area contributed by atoms with E-state index in [1.807, 2.05) is 36.4 Å². The smallest absolute Gasteiger partial charge is 0.138 e. The monoisotopic (exact) mass is 439 g/mol. The van der Waals surface area contributed by atoms with E-state index in [1.165, 1.54) is 0 Å². The lowest BCUT2D eigenvalue weighted by atomic mass is 10.2. The van der Waals surface area contributed by atoms with E-state index in [9.17, 15) is 5.11 Å². The number of nitrogens with zero attached hydrogens (tertiary/aromatic N) is 1. The Morgan fingerprint density at radius 3 is 2.39 bits per heavy atom. The van der Waals surface area contributed by atoms with Gasteiger partial charge < -0.3 is 14.3 Å². The summed E-state index contributed by atoms with van der Waals surface area (Å²) in [5, 5.41) is 12.1. The minimum absolute atomic E-state index is 0.108. The van der Waals surface area contributed by atoms with Crippen molar-refractivity contribution in [3.63, 3.8) is 0 Å². The largest absolute Gasteiger partial charge is 0.489 e. The van der Waals surface area contributed by atoms with Gasteiger partial charge in [-0.2, -0.15) is 0 Å². The van der Waals surface area contributed by atoms with Crippen molar-refractivity contribution in [3.05, 3.63) is 87.3 Å². The van der Waals surface area contributed by atoms with Gasteiger partial charge in [-0.25, -0.2) is 0 Å². The summed E-state index contributed by atoms with van der Waals surface area (Å²) in [6, 6.07) is 16.4. The van der Waals surface area contributed by atoms with Crippen LogP contribution in [0.3, 0.4) is 0 Å². The van der Waals surface area contributed by atoms with Crippen LogP contribution in [-0.2, 0) is 13.1 Å². The van der Waals surface area contributed by atoms with Crippen LogP contribution >= 0.6 is 34.8 Å². The molecule has 0 amide bonds. The van der Waals surface area contributed by atoms with Gasteiger partial charge >= 0.3 is 0 Å².